The number of carbonyl (C=O) groups is 6. The maximum atomic E-state index is 12.5. The third kappa shape index (κ3) is 9.23. The van der Waals surface area contributed by atoms with Crippen LogP contribution in [0, 0.1) is 11.8 Å². The largest absolute Gasteiger partial charge is 0.383 e. The van der Waals surface area contributed by atoms with Gasteiger partial charge in [-0.3, -0.25) is 28.8 Å². The Balaban J connectivity index is 5.05. The van der Waals surface area contributed by atoms with Crippen LogP contribution in [-0.4, -0.2) is 86.0 Å². The Bertz CT molecular complexity index is 758. The Kier molecular flexibility index (Phi) is 11.8. The lowest BCUT2D eigenvalue weighted by Crippen LogP contribution is -2.45. The highest BCUT2D eigenvalue weighted by Gasteiger charge is 2.33. The molecule has 0 bridgehead atoms. The van der Waals surface area contributed by atoms with Crippen molar-refractivity contribution in [3.8, 4) is 0 Å². The summed E-state index contributed by atoms with van der Waals surface area (Å²) in [5, 5.41) is 4.86. The second-order valence-electron chi connectivity index (χ2n) is 7.95. The zero-order chi connectivity index (χ0) is 25.2. The van der Waals surface area contributed by atoms with Crippen molar-refractivity contribution in [3.63, 3.8) is 0 Å². The molecule has 0 spiro atoms. The van der Waals surface area contributed by atoms with Gasteiger partial charge in [-0.25, -0.2) is 0 Å². The van der Waals surface area contributed by atoms with Gasteiger partial charge in [0.25, 0.3) is 0 Å². The van der Waals surface area contributed by atoms with Crippen LogP contribution >= 0.6 is 0 Å². The molecule has 0 saturated heterocycles. The zero-order valence-electron chi connectivity index (χ0n) is 20.1. The lowest BCUT2D eigenvalue weighted by Gasteiger charge is -2.16. The van der Waals surface area contributed by atoms with Crippen LogP contribution < -0.4 is 10.6 Å². The Hall–Kier alpha value is -3.30. The number of allylic oxidation sites excluding steroid dienone is 2. The lowest BCUT2D eigenvalue weighted by molar-refractivity contribution is -0.141. The Morgan fingerprint density at radius 2 is 0.906 bits per heavy atom. The molecule has 2 N–H and O–H groups in total. The van der Waals surface area contributed by atoms with Crippen molar-refractivity contribution in [2.24, 2.45) is 11.8 Å². The number of amides is 2. The average Bonchev–Trinajstić information content (AvgIpc) is 2.63. The molecule has 0 aromatic carbocycles. The maximum Gasteiger partial charge on any atom is 0.238 e. The SMILES string of the molecule is CC(=O)C(C(=O)NCCNC(=O)C(C(C)=O)C(=O)C(C)=CN(C)C)C(=O)C(C)=CN(C)C. The second-order valence-corrected chi connectivity index (χ2v) is 7.95. The van der Waals surface area contributed by atoms with Gasteiger partial charge in [0, 0.05) is 64.8 Å². The molecule has 178 valence electrons. The molecule has 0 fully saturated rings. The quantitative estimate of drug-likeness (QED) is 0.222. The molecule has 0 aliphatic carbocycles. The van der Waals surface area contributed by atoms with Crippen molar-refractivity contribution < 1.29 is 28.8 Å². The summed E-state index contributed by atoms with van der Waals surface area (Å²) in [6.45, 7) is 5.14. The third-order valence-corrected chi connectivity index (χ3v) is 4.27. The van der Waals surface area contributed by atoms with Gasteiger partial charge in [0.1, 0.15) is 11.6 Å². The third-order valence-electron chi connectivity index (χ3n) is 4.27. The second kappa shape index (κ2) is 13.2. The van der Waals surface area contributed by atoms with Crippen molar-refractivity contribution in [2.75, 3.05) is 41.3 Å². The normalized spacial score (nSPS) is 13.5. The molecule has 10 nitrogen and oxygen atoms in total. The van der Waals surface area contributed by atoms with Gasteiger partial charge in [0.05, 0.1) is 0 Å². The van der Waals surface area contributed by atoms with Gasteiger partial charge in [-0.05, 0) is 27.7 Å². The summed E-state index contributed by atoms with van der Waals surface area (Å²) in [6, 6.07) is 0. The lowest BCUT2D eigenvalue weighted by atomic mass is 9.94. The average molecular weight is 451 g/mol. The first-order chi connectivity index (χ1) is 14.7. The number of hydrogen-bond acceptors (Lipinski definition) is 8. The molecule has 2 unspecified atom stereocenters. The van der Waals surface area contributed by atoms with E-state index < -0.39 is 46.8 Å². The van der Waals surface area contributed by atoms with E-state index in [0.717, 1.165) is 13.8 Å². The summed E-state index contributed by atoms with van der Waals surface area (Å²) in [7, 11) is 6.83. The molecular weight excluding hydrogens is 416 g/mol. The van der Waals surface area contributed by atoms with Crippen LogP contribution in [-0.2, 0) is 28.8 Å². The molecule has 0 aromatic heterocycles. The number of rotatable bonds is 13. The molecule has 32 heavy (non-hydrogen) atoms. The molecule has 0 radical (unpaired) electrons. The van der Waals surface area contributed by atoms with Crippen LogP contribution in [0.2, 0.25) is 0 Å². The van der Waals surface area contributed by atoms with E-state index in [2.05, 4.69) is 10.6 Å². The van der Waals surface area contributed by atoms with E-state index in [0.29, 0.717) is 0 Å². The number of ketones is 4. The summed E-state index contributed by atoms with van der Waals surface area (Å²) < 4.78 is 0. The van der Waals surface area contributed by atoms with E-state index in [-0.39, 0.29) is 24.2 Å². The molecule has 10 heteroatoms. The number of nitrogens with one attached hydrogen (secondary N) is 2. The van der Waals surface area contributed by atoms with Gasteiger partial charge in [-0.15, -0.1) is 0 Å². The van der Waals surface area contributed by atoms with E-state index in [1.54, 1.807) is 38.0 Å². The van der Waals surface area contributed by atoms with E-state index in [9.17, 15) is 28.8 Å². The van der Waals surface area contributed by atoms with Gasteiger partial charge in [-0.1, -0.05) is 0 Å². The maximum absolute atomic E-state index is 12.5. The Morgan fingerprint density at radius 1 is 0.625 bits per heavy atom. The fourth-order valence-corrected chi connectivity index (χ4v) is 2.91. The molecule has 2 atom stereocenters. The van der Waals surface area contributed by atoms with Crippen LogP contribution in [0.5, 0.6) is 0 Å². The van der Waals surface area contributed by atoms with Gasteiger partial charge in [0.15, 0.2) is 23.4 Å². The first-order valence-corrected chi connectivity index (χ1v) is 10.0. The van der Waals surface area contributed by atoms with E-state index in [4.69, 9.17) is 0 Å². The highest BCUT2D eigenvalue weighted by molar-refractivity contribution is 6.23. The van der Waals surface area contributed by atoms with Crippen LogP contribution in [0.4, 0.5) is 0 Å². The van der Waals surface area contributed by atoms with Gasteiger partial charge < -0.3 is 20.4 Å². The van der Waals surface area contributed by atoms with Gasteiger partial charge in [0.2, 0.25) is 11.8 Å². The Labute approximate surface area is 189 Å². The summed E-state index contributed by atoms with van der Waals surface area (Å²) >= 11 is 0. The molecule has 0 heterocycles. The zero-order valence-corrected chi connectivity index (χ0v) is 20.1. The highest BCUT2D eigenvalue weighted by atomic mass is 16.2. The van der Waals surface area contributed by atoms with E-state index in [1.165, 1.54) is 26.2 Å². The van der Waals surface area contributed by atoms with Crippen LogP contribution in [0.25, 0.3) is 0 Å². The summed E-state index contributed by atoms with van der Waals surface area (Å²) in [6.07, 6.45) is 3.02. The molecular formula is C22H34N4O6. The van der Waals surface area contributed by atoms with Gasteiger partial charge in [-0.2, -0.15) is 0 Å². The fourth-order valence-electron chi connectivity index (χ4n) is 2.91. The van der Waals surface area contributed by atoms with Crippen LogP contribution in [0.15, 0.2) is 23.5 Å². The predicted molar refractivity (Wildman–Crippen MR) is 119 cm³/mol. The Morgan fingerprint density at radius 3 is 1.12 bits per heavy atom. The predicted octanol–water partition coefficient (Wildman–Crippen LogP) is -0.302. The minimum Gasteiger partial charge on any atom is -0.383 e. The topological polar surface area (TPSA) is 133 Å². The minimum atomic E-state index is -1.49. The minimum absolute atomic E-state index is 0.0938. The molecule has 0 aliphatic heterocycles. The summed E-state index contributed by atoms with van der Waals surface area (Å²) in [4.78, 5) is 76.6. The van der Waals surface area contributed by atoms with Crippen LogP contribution in [0.3, 0.4) is 0 Å². The molecule has 0 saturated carbocycles. The first-order valence-electron chi connectivity index (χ1n) is 10.0. The van der Waals surface area contributed by atoms with Crippen molar-refractivity contribution in [1.29, 1.82) is 0 Å². The van der Waals surface area contributed by atoms with E-state index in [1.807, 2.05) is 0 Å². The fraction of sp³-hybridized carbons (Fsp3) is 0.545. The number of nitrogens with zero attached hydrogens (tertiary/aromatic N) is 2. The molecule has 0 aromatic rings. The van der Waals surface area contributed by atoms with Crippen molar-refractivity contribution in [2.45, 2.75) is 27.7 Å². The number of carbonyl (C=O) groups excluding carboxylic acids is 6. The van der Waals surface area contributed by atoms with Crippen molar-refractivity contribution in [3.05, 3.63) is 23.5 Å². The van der Waals surface area contributed by atoms with E-state index >= 15 is 0 Å². The monoisotopic (exact) mass is 450 g/mol. The smallest absolute Gasteiger partial charge is 0.238 e. The summed E-state index contributed by atoms with van der Waals surface area (Å²) in [5.41, 5.74) is 0.505. The van der Waals surface area contributed by atoms with Crippen molar-refractivity contribution >= 4 is 34.9 Å². The van der Waals surface area contributed by atoms with Crippen molar-refractivity contribution in [1.82, 2.24) is 20.4 Å². The standard InChI is InChI=1S/C22H34N4O6/c1-13(11-25(5)6)19(29)17(15(3)27)21(31)23-9-10-24-22(32)18(16(4)28)20(30)14(2)12-26(7)8/h11-12,17-18H,9-10H2,1-8H3,(H,23,31)(H,24,32). The summed E-state index contributed by atoms with van der Waals surface area (Å²) in [5.74, 6) is -6.99. The molecule has 0 aliphatic rings. The number of Topliss-reactive ketones (excluding diaryl/α,β-unsaturated/α-hetero) is 4. The molecule has 0 rings (SSSR count). The van der Waals surface area contributed by atoms with Crippen LogP contribution in [0.1, 0.15) is 27.7 Å². The van der Waals surface area contributed by atoms with Gasteiger partial charge >= 0.3 is 0 Å². The highest BCUT2D eigenvalue weighted by Crippen LogP contribution is 2.10. The molecule has 2 amide bonds. The first kappa shape index (κ1) is 28.7. The number of hydrogen-bond donors (Lipinski definition) is 2.